The van der Waals surface area contributed by atoms with Crippen molar-refractivity contribution in [1.82, 2.24) is 15.5 Å². The fraction of sp³-hybridized carbons (Fsp3) is 0.500. The van der Waals surface area contributed by atoms with Crippen LogP contribution in [0, 0.1) is 6.92 Å². The minimum Gasteiger partial charge on any atom is -0.354 e. The number of rotatable bonds is 7. The van der Waals surface area contributed by atoms with Crippen molar-refractivity contribution >= 4 is 11.8 Å². The van der Waals surface area contributed by atoms with Crippen molar-refractivity contribution < 1.29 is 9.59 Å². The third kappa shape index (κ3) is 5.55. The Bertz CT molecular complexity index is 469. The van der Waals surface area contributed by atoms with E-state index in [1.54, 1.807) is 6.92 Å². The Morgan fingerprint density at radius 2 is 1.67 bits per heavy atom. The van der Waals surface area contributed by atoms with Gasteiger partial charge >= 0.3 is 0 Å². The van der Waals surface area contributed by atoms with Gasteiger partial charge in [0.1, 0.15) is 6.04 Å². The molecule has 0 saturated heterocycles. The highest BCUT2D eigenvalue weighted by Crippen LogP contribution is 2.18. The smallest absolute Gasteiger partial charge is 0.242 e. The van der Waals surface area contributed by atoms with Gasteiger partial charge in [-0.2, -0.15) is 0 Å². The molecule has 0 radical (unpaired) electrons. The second kappa shape index (κ2) is 8.42. The Labute approximate surface area is 126 Å². The van der Waals surface area contributed by atoms with E-state index in [1.807, 2.05) is 50.2 Å². The Hall–Kier alpha value is -1.88. The first-order valence-corrected chi connectivity index (χ1v) is 7.23. The monoisotopic (exact) mass is 291 g/mol. The van der Waals surface area contributed by atoms with Gasteiger partial charge in [0.15, 0.2) is 0 Å². The molecule has 0 aliphatic carbocycles. The molecule has 0 fully saturated rings. The highest BCUT2D eigenvalue weighted by molar-refractivity contribution is 5.83. The molecule has 1 aromatic rings. The number of hydrogen-bond acceptors (Lipinski definition) is 3. The quantitative estimate of drug-likeness (QED) is 0.743. The van der Waals surface area contributed by atoms with Crippen LogP contribution in [0.25, 0.3) is 0 Å². The molecule has 1 unspecified atom stereocenters. The summed E-state index contributed by atoms with van der Waals surface area (Å²) in [6.45, 7) is 4.70. The molecule has 116 valence electrons. The van der Waals surface area contributed by atoms with Gasteiger partial charge in [-0.05, 0) is 26.6 Å². The SMILES string of the molecule is CCC(=O)NCCNC(=O)C(c1ccc(C)cc1)N(C)C. The zero-order chi connectivity index (χ0) is 15.8. The number of nitrogens with one attached hydrogen (secondary N) is 2. The molecule has 0 aliphatic heterocycles. The molecule has 0 aliphatic rings. The Morgan fingerprint density at radius 3 is 2.19 bits per heavy atom. The van der Waals surface area contributed by atoms with Gasteiger partial charge in [-0.25, -0.2) is 0 Å². The predicted molar refractivity (Wildman–Crippen MR) is 83.9 cm³/mol. The van der Waals surface area contributed by atoms with Crippen LogP contribution < -0.4 is 10.6 Å². The molecule has 2 amide bonds. The van der Waals surface area contributed by atoms with Gasteiger partial charge in [0.25, 0.3) is 0 Å². The molecular weight excluding hydrogens is 266 g/mol. The molecule has 1 aromatic carbocycles. The molecule has 1 rings (SSSR count). The Morgan fingerprint density at radius 1 is 1.10 bits per heavy atom. The molecule has 0 heterocycles. The lowest BCUT2D eigenvalue weighted by Gasteiger charge is -2.24. The molecular formula is C16H25N3O2. The first-order valence-electron chi connectivity index (χ1n) is 7.23. The van der Waals surface area contributed by atoms with E-state index in [0.29, 0.717) is 19.5 Å². The topological polar surface area (TPSA) is 61.4 Å². The van der Waals surface area contributed by atoms with Crippen LogP contribution in [-0.2, 0) is 9.59 Å². The van der Waals surface area contributed by atoms with Crippen molar-refractivity contribution in [2.24, 2.45) is 0 Å². The largest absolute Gasteiger partial charge is 0.354 e. The van der Waals surface area contributed by atoms with E-state index in [1.165, 1.54) is 5.56 Å². The highest BCUT2D eigenvalue weighted by Gasteiger charge is 2.22. The van der Waals surface area contributed by atoms with Crippen LogP contribution in [-0.4, -0.2) is 43.9 Å². The van der Waals surface area contributed by atoms with E-state index in [2.05, 4.69) is 10.6 Å². The zero-order valence-corrected chi connectivity index (χ0v) is 13.3. The summed E-state index contributed by atoms with van der Waals surface area (Å²) in [5.41, 5.74) is 2.12. The summed E-state index contributed by atoms with van der Waals surface area (Å²) < 4.78 is 0. The van der Waals surface area contributed by atoms with E-state index in [0.717, 1.165) is 5.56 Å². The van der Waals surface area contributed by atoms with E-state index in [4.69, 9.17) is 0 Å². The Kier molecular flexibility index (Phi) is 6.88. The third-order valence-corrected chi connectivity index (χ3v) is 3.23. The fourth-order valence-electron chi connectivity index (χ4n) is 2.04. The van der Waals surface area contributed by atoms with Crippen LogP contribution in [0.4, 0.5) is 0 Å². The van der Waals surface area contributed by atoms with Gasteiger partial charge < -0.3 is 10.6 Å². The molecule has 0 bridgehead atoms. The zero-order valence-electron chi connectivity index (χ0n) is 13.3. The Balaban J connectivity index is 2.58. The normalized spacial score (nSPS) is 12.0. The van der Waals surface area contributed by atoms with Crippen LogP contribution in [0.3, 0.4) is 0 Å². The second-order valence-corrected chi connectivity index (χ2v) is 5.27. The van der Waals surface area contributed by atoms with Crippen LogP contribution >= 0.6 is 0 Å². The highest BCUT2D eigenvalue weighted by atomic mass is 16.2. The van der Waals surface area contributed by atoms with Gasteiger partial charge in [0.2, 0.25) is 11.8 Å². The van der Waals surface area contributed by atoms with Gasteiger partial charge in [-0.3, -0.25) is 14.5 Å². The average molecular weight is 291 g/mol. The minimum atomic E-state index is -0.326. The first kappa shape index (κ1) is 17.2. The maximum atomic E-state index is 12.3. The summed E-state index contributed by atoms with van der Waals surface area (Å²) in [7, 11) is 3.76. The summed E-state index contributed by atoms with van der Waals surface area (Å²) in [6.07, 6.45) is 0.456. The van der Waals surface area contributed by atoms with E-state index in [-0.39, 0.29) is 17.9 Å². The minimum absolute atomic E-state index is 0.00746. The number of benzene rings is 1. The predicted octanol–water partition coefficient (Wildman–Crippen LogP) is 1.24. The van der Waals surface area contributed by atoms with Crippen LogP contribution in [0.1, 0.15) is 30.5 Å². The lowest BCUT2D eigenvalue weighted by Crippen LogP contribution is -2.40. The van der Waals surface area contributed by atoms with E-state index in [9.17, 15) is 9.59 Å². The van der Waals surface area contributed by atoms with Crippen molar-refractivity contribution in [3.63, 3.8) is 0 Å². The number of carbonyl (C=O) groups is 2. The molecule has 5 heteroatoms. The number of likely N-dealkylation sites (N-methyl/N-ethyl adjacent to an activating group) is 1. The van der Waals surface area contributed by atoms with Gasteiger partial charge in [-0.1, -0.05) is 36.8 Å². The second-order valence-electron chi connectivity index (χ2n) is 5.27. The van der Waals surface area contributed by atoms with Crippen molar-refractivity contribution in [1.29, 1.82) is 0 Å². The number of amides is 2. The molecule has 0 saturated carbocycles. The fourth-order valence-corrected chi connectivity index (χ4v) is 2.04. The van der Waals surface area contributed by atoms with Crippen LogP contribution in [0.5, 0.6) is 0 Å². The molecule has 0 aromatic heterocycles. The molecule has 2 N–H and O–H groups in total. The van der Waals surface area contributed by atoms with E-state index >= 15 is 0 Å². The molecule has 0 spiro atoms. The maximum Gasteiger partial charge on any atom is 0.242 e. The lowest BCUT2D eigenvalue weighted by atomic mass is 10.0. The van der Waals surface area contributed by atoms with Gasteiger partial charge in [0, 0.05) is 19.5 Å². The first-order chi connectivity index (χ1) is 9.95. The van der Waals surface area contributed by atoms with Crippen molar-refractivity contribution in [2.45, 2.75) is 26.3 Å². The molecule has 1 atom stereocenters. The summed E-state index contributed by atoms with van der Waals surface area (Å²) >= 11 is 0. The average Bonchev–Trinajstić information content (AvgIpc) is 2.45. The van der Waals surface area contributed by atoms with E-state index < -0.39 is 0 Å². The van der Waals surface area contributed by atoms with Gasteiger partial charge in [0.05, 0.1) is 0 Å². The maximum absolute atomic E-state index is 12.3. The van der Waals surface area contributed by atoms with Crippen molar-refractivity contribution in [3.8, 4) is 0 Å². The number of hydrogen-bond donors (Lipinski definition) is 2. The third-order valence-electron chi connectivity index (χ3n) is 3.23. The summed E-state index contributed by atoms with van der Waals surface area (Å²) in [5, 5.41) is 5.60. The van der Waals surface area contributed by atoms with Crippen molar-refractivity contribution in [3.05, 3.63) is 35.4 Å². The molecule has 21 heavy (non-hydrogen) atoms. The number of carbonyl (C=O) groups excluding carboxylic acids is 2. The summed E-state index contributed by atoms with van der Waals surface area (Å²) in [5.74, 6) is -0.0680. The van der Waals surface area contributed by atoms with Crippen molar-refractivity contribution in [2.75, 3.05) is 27.2 Å². The summed E-state index contributed by atoms with van der Waals surface area (Å²) in [6, 6.07) is 7.62. The van der Waals surface area contributed by atoms with Gasteiger partial charge in [-0.15, -0.1) is 0 Å². The lowest BCUT2D eigenvalue weighted by molar-refractivity contribution is -0.126. The number of aryl methyl sites for hydroxylation is 1. The molecule has 5 nitrogen and oxygen atoms in total. The van der Waals surface area contributed by atoms with Crippen LogP contribution in [0.15, 0.2) is 24.3 Å². The number of nitrogens with zero attached hydrogens (tertiary/aromatic N) is 1. The standard InChI is InChI=1S/C16H25N3O2/c1-5-14(20)17-10-11-18-16(21)15(19(3)4)13-8-6-12(2)7-9-13/h6-9,15H,5,10-11H2,1-4H3,(H,17,20)(H,18,21). The summed E-state index contributed by atoms with van der Waals surface area (Å²) in [4.78, 5) is 25.3. The van der Waals surface area contributed by atoms with Crippen LogP contribution in [0.2, 0.25) is 0 Å².